The zero-order valence-electron chi connectivity index (χ0n) is 8.71. The van der Waals surface area contributed by atoms with Gasteiger partial charge >= 0.3 is 11.9 Å². The minimum Gasteiger partial charge on any atom is -0.478 e. The van der Waals surface area contributed by atoms with Gasteiger partial charge in [0.25, 0.3) is 0 Å². The molecule has 0 heterocycles. The van der Waals surface area contributed by atoms with Crippen molar-refractivity contribution in [3.8, 4) is 0 Å². The number of hydrogen-bond donors (Lipinski definition) is 2. The van der Waals surface area contributed by atoms with Crippen molar-refractivity contribution >= 4 is 18.2 Å². The lowest BCUT2D eigenvalue weighted by molar-refractivity contribution is -0.107. The molecule has 0 amide bonds. The van der Waals surface area contributed by atoms with E-state index in [-0.39, 0.29) is 11.1 Å². The number of rotatable bonds is 3. The van der Waals surface area contributed by atoms with E-state index in [2.05, 4.69) is 0 Å². The van der Waals surface area contributed by atoms with Crippen molar-refractivity contribution in [1.29, 1.82) is 0 Å². The van der Waals surface area contributed by atoms with Crippen LogP contribution in [0, 0.1) is 0 Å². The van der Waals surface area contributed by atoms with Gasteiger partial charge in [0.15, 0.2) is 0 Å². The molecule has 1 aromatic rings. The molecular weight excluding hydrogens is 212 g/mol. The lowest BCUT2D eigenvalue weighted by Crippen LogP contribution is -2.06. The van der Waals surface area contributed by atoms with Gasteiger partial charge in [-0.15, -0.1) is 0 Å². The summed E-state index contributed by atoms with van der Waals surface area (Å²) in [6.45, 7) is 1.81. The zero-order valence-corrected chi connectivity index (χ0v) is 8.71. The highest BCUT2D eigenvalue weighted by Crippen LogP contribution is 2.07. The summed E-state index contributed by atoms with van der Waals surface area (Å²) >= 11 is 0. The summed E-state index contributed by atoms with van der Waals surface area (Å²) in [4.78, 5) is 30.1. The number of hydrogen-bond acceptors (Lipinski definition) is 3. The number of benzene rings is 1. The standard InChI is InChI=1S/C8H6O4.C3H6O/c9-7(10)5-3-1-2-4-6(5)8(11)12;1-2-3-4/h1-4H,(H,9,10)(H,11,12);3H,2H2,1H3. The third-order valence-electron chi connectivity index (χ3n) is 1.55. The Balaban J connectivity index is 0.000000487. The molecule has 0 fully saturated rings. The fraction of sp³-hybridized carbons (Fsp3) is 0.182. The van der Waals surface area contributed by atoms with Gasteiger partial charge in [-0.25, -0.2) is 9.59 Å². The van der Waals surface area contributed by atoms with E-state index < -0.39 is 11.9 Å². The predicted molar refractivity (Wildman–Crippen MR) is 56.7 cm³/mol. The maximum absolute atomic E-state index is 10.5. The summed E-state index contributed by atoms with van der Waals surface area (Å²) in [7, 11) is 0. The molecule has 0 spiro atoms. The first-order chi connectivity index (χ1) is 7.54. The Bertz CT molecular complexity index is 351. The predicted octanol–water partition coefficient (Wildman–Crippen LogP) is 1.68. The SMILES string of the molecule is CCC=O.O=C(O)c1ccccc1C(=O)O. The molecule has 0 bridgehead atoms. The molecule has 86 valence electrons. The minimum atomic E-state index is -1.23. The molecule has 1 aromatic carbocycles. The van der Waals surface area contributed by atoms with E-state index in [1.165, 1.54) is 24.3 Å². The molecule has 0 saturated carbocycles. The van der Waals surface area contributed by atoms with Gasteiger partial charge in [-0.05, 0) is 12.1 Å². The number of aromatic carboxylic acids is 2. The van der Waals surface area contributed by atoms with E-state index in [1.807, 2.05) is 6.92 Å². The van der Waals surface area contributed by atoms with Crippen molar-refractivity contribution < 1.29 is 24.6 Å². The first kappa shape index (κ1) is 13.8. The molecule has 5 heteroatoms. The normalized spacial score (nSPS) is 8.56. The van der Waals surface area contributed by atoms with Crippen LogP contribution in [-0.2, 0) is 4.79 Å². The second-order valence-electron chi connectivity index (χ2n) is 2.73. The highest BCUT2D eigenvalue weighted by atomic mass is 16.4. The summed E-state index contributed by atoms with van der Waals surface area (Å²) in [5, 5.41) is 17.1. The third kappa shape index (κ3) is 4.36. The van der Waals surface area contributed by atoms with Crippen LogP contribution in [-0.4, -0.2) is 28.4 Å². The van der Waals surface area contributed by atoms with Crippen LogP contribution >= 0.6 is 0 Å². The molecule has 0 aliphatic rings. The highest BCUT2D eigenvalue weighted by molar-refractivity contribution is 6.01. The van der Waals surface area contributed by atoms with Crippen LogP contribution in [0.5, 0.6) is 0 Å². The number of aldehydes is 1. The van der Waals surface area contributed by atoms with Gasteiger partial charge in [0.05, 0.1) is 11.1 Å². The van der Waals surface area contributed by atoms with E-state index in [9.17, 15) is 14.4 Å². The van der Waals surface area contributed by atoms with Crippen LogP contribution in [0.3, 0.4) is 0 Å². The Hall–Kier alpha value is -2.17. The van der Waals surface area contributed by atoms with E-state index in [1.54, 1.807) is 0 Å². The van der Waals surface area contributed by atoms with Crippen molar-refractivity contribution in [1.82, 2.24) is 0 Å². The molecule has 0 saturated heterocycles. The average molecular weight is 224 g/mol. The smallest absolute Gasteiger partial charge is 0.336 e. The van der Waals surface area contributed by atoms with Gasteiger partial charge in [-0.2, -0.15) is 0 Å². The maximum atomic E-state index is 10.5. The largest absolute Gasteiger partial charge is 0.478 e. The van der Waals surface area contributed by atoms with Crippen molar-refractivity contribution in [3.63, 3.8) is 0 Å². The van der Waals surface area contributed by atoms with E-state index >= 15 is 0 Å². The summed E-state index contributed by atoms with van der Waals surface area (Å²) in [6.07, 6.45) is 1.51. The van der Waals surface area contributed by atoms with Crippen LogP contribution in [0.25, 0.3) is 0 Å². The van der Waals surface area contributed by atoms with E-state index in [4.69, 9.17) is 10.2 Å². The molecular formula is C11H12O5. The zero-order chi connectivity index (χ0) is 12.6. The fourth-order valence-corrected chi connectivity index (χ4v) is 0.856. The molecule has 0 unspecified atom stereocenters. The van der Waals surface area contributed by atoms with Crippen molar-refractivity contribution in [2.45, 2.75) is 13.3 Å². The molecule has 0 atom stereocenters. The van der Waals surface area contributed by atoms with Crippen molar-refractivity contribution in [3.05, 3.63) is 35.4 Å². The molecule has 0 aliphatic heterocycles. The van der Waals surface area contributed by atoms with Gasteiger partial charge in [-0.3, -0.25) is 0 Å². The molecule has 16 heavy (non-hydrogen) atoms. The van der Waals surface area contributed by atoms with Crippen molar-refractivity contribution in [2.24, 2.45) is 0 Å². The Morgan fingerprint density at radius 3 is 1.62 bits per heavy atom. The third-order valence-corrected chi connectivity index (χ3v) is 1.55. The van der Waals surface area contributed by atoms with Gasteiger partial charge in [0.1, 0.15) is 6.29 Å². The lowest BCUT2D eigenvalue weighted by atomic mass is 10.1. The van der Waals surface area contributed by atoms with Crippen LogP contribution < -0.4 is 0 Å². The summed E-state index contributed by atoms with van der Waals surface area (Å²) < 4.78 is 0. The van der Waals surface area contributed by atoms with Crippen molar-refractivity contribution in [2.75, 3.05) is 0 Å². The van der Waals surface area contributed by atoms with Gasteiger partial charge in [0.2, 0.25) is 0 Å². The monoisotopic (exact) mass is 224 g/mol. The number of carbonyl (C=O) groups excluding carboxylic acids is 1. The second kappa shape index (κ2) is 7.17. The molecule has 2 N–H and O–H groups in total. The quantitative estimate of drug-likeness (QED) is 0.762. The van der Waals surface area contributed by atoms with E-state index in [0.29, 0.717) is 6.42 Å². The first-order valence-electron chi connectivity index (χ1n) is 4.53. The summed E-state index contributed by atoms with van der Waals surface area (Å²) in [5.74, 6) is -2.46. The van der Waals surface area contributed by atoms with Gasteiger partial charge in [-0.1, -0.05) is 19.1 Å². The van der Waals surface area contributed by atoms with Gasteiger partial charge in [0, 0.05) is 6.42 Å². The molecule has 0 aromatic heterocycles. The van der Waals surface area contributed by atoms with Gasteiger partial charge < -0.3 is 15.0 Å². The van der Waals surface area contributed by atoms with E-state index in [0.717, 1.165) is 6.29 Å². The number of carbonyl (C=O) groups is 3. The lowest BCUT2D eigenvalue weighted by Gasteiger charge is -1.98. The molecule has 0 aliphatic carbocycles. The first-order valence-corrected chi connectivity index (χ1v) is 4.53. The second-order valence-corrected chi connectivity index (χ2v) is 2.73. The Labute approximate surface area is 92.3 Å². The van der Waals surface area contributed by atoms with Crippen LogP contribution in [0.15, 0.2) is 24.3 Å². The Kier molecular flexibility index (Phi) is 6.19. The van der Waals surface area contributed by atoms with Crippen LogP contribution in [0.2, 0.25) is 0 Å². The molecule has 5 nitrogen and oxygen atoms in total. The molecule has 1 rings (SSSR count). The fourth-order valence-electron chi connectivity index (χ4n) is 0.856. The maximum Gasteiger partial charge on any atom is 0.336 e. The summed E-state index contributed by atoms with van der Waals surface area (Å²) in [6, 6.07) is 5.48. The minimum absolute atomic E-state index is 0.190. The summed E-state index contributed by atoms with van der Waals surface area (Å²) in [5.41, 5.74) is -0.380. The average Bonchev–Trinajstić information content (AvgIpc) is 2.29. The number of carboxylic acids is 2. The van der Waals surface area contributed by atoms with Crippen LogP contribution in [0.4, 0.5) is 0 Å². The Morgan fingerprint density at radius 1 is 1.12 bits per heavy atom. The Morgan fingerprint density at radius 2 is 1.44 bits per heavy atom. The topological polar surface area (TPSA) is 91.7 Å². The molecule has 0 radical (unpaired) electrons. The van der Waals surface area contributed by atoms with Crippen LogP contribution in [0.1, 0.15) is 34.1 Å². The number of carboxylic acid groups (broad SMARTS) is 2. The highest BCUT2D eigenvalue weighted by Gasteiger charge is 2.13.